The van der Waals surface area contributed by atoms with Crippen LogP contribution in [0.2, 0.25) is 0 Å². The molecule has 1 amide bonds. The maximum Gasteiger partial charge on any atom is 0.255 e. The summed E-state index contributed by atoms with van der Waals surface area (Å²) in [4.78, 5) is 17.3. The molecule has 0 aliphatic carbocycles. The second kappa shape index (κ2) is 11.6. The number of hydrogen-bond donors (Lipinski definition) is 1. The van der Waals surface area contributed by atoms with Gasteiger partial charge in [-0.15, -0.1) is 11.3 Å². The van der Waals surface area contributed by atoms with Gasteiger partial charge in [-0.1, -0.05) is 24.3 Å². The summed E-state index contributed by atoms with van der Waals surface area (Å²) in [5.74, 6) is 1.07. The summed E-state index contributed by atoms with van der Waals surface area (Å²) < 4.78 is 18.3. The van der Waals surface area contributed by atoms with Crippen molar-refractivity contribution in [1.29, 1.82) is 0 Å². The van der Waals surface area contributed by atoms with Crippen LogP contribution in [0, 0.1) is 0 Å². The van der Waals surface area contributed by atoms with Crippen LogP contribution in [-0.4, -0.2) is 67.7 Å². The zero-order valence-corrected chi connectivity index (χ0v) is 21.7. The predicted octanol–water partition coefficient (Wildman–Crippen LogP) is 4.42. The second-order valence-corrected chi connectivity index (χ2v) is 9.61. The van der Waals surface area contributed by atoms with Crippen LogP contribution in [0.5, 0.6) is 11.5 Å². The fourth-order valence-electron chi connectivity index (χ4n) is 4.52. The number of benzene rings is 2. The van der Waals surface area contributed by atoms with Crippen LogP contribution in [-0.2, 0) is 4.74 Å². The summed E-state index contributed by atoms with van der Waals surface area (Å²) in [6.07, 6.45) is 1.77. The molecule has 8 nitrogen and oxygen atoms in total. The highest BCUT2D eigenvalue weighted by Gasteiger charge is 2.26. The van der Waals surface area contributed by atoms with Gasteiger partial charge in [0.05, 0.1) is 44.7 Å². The lowest BCUT2D eigenvalue weighted by Crippen LogP contribution is -2.43. The van der Waals surface area contributed by atoms with Crippen LogP contribution in [0.1, 0.15) is 21.3 Å². The van der Waals surface area contributed by atoms with E-state index in [1.54, 1.807) is 36.4 Å². The maximum atomic E-state index is 13.7. The monoisotopic (exact) mass is 518 g/mol. The van der Waals surface area contributed by atoms with Crippen LogP contribution in [0.4, 0.5) is 0 Å². The molecular weight excluding hydrogens is 488 g/mol. The van der Waals surface area contributed by atoms with Gasteiger partial charge >= 0.3 is 0 Å². The number of methoxy groups -OCH3 is 2. The average Bonchev–Trinajstić information content (AvgIpc) is 3.65. The standard InChI is InChI=1S/C28H30N4O4S/c1-34-21-10-11-25(35-2)22(17-21)27-23(19-32(30-27)20-7-4-3-5-8-20)28(33)29-18-24(26-9-6-16-37-26)31-12-14-36-15-13-31/h3-11,16-17,19,24H,12-15,18H2,1-2H3,(H,29,33)/t24-/m1/s1. The molecule has 5 rings (SSSR count). The number of carbonyl (C=O) groups is 1. The number of para-hydroxylation sites is 1. The van der Waals surface area contributed by atoms with Crippen molar-refractivity contribution in [1.82, 2.24) is 20.0 Å². The maximum absolute atomic E-state index is 13.7. The number of hydrogen-bond acceptors (Lipinski definition) is 7. The van der Waals surface area contributed by atoms with Gasteiger partial charge in [0.15, 0.2) is 0 Å². The Morgan fingerprint density at radius 2 is 1.89 bits per heavy atom. The van der Waals surface area contributed by atoms with Gasteiger partial charge in [-0.25, -0.2) is 4.68 Å². The minimum atomic E-state index is -0.197. The molecule has 0 bridgehead atoms. The minimum Gasteiger partial charge on any atom is -0.497 e. The highest BCUT2D eigenvalue weighted by Crippen LogP contribution is 2.35. The SMILES string of the molecule is COc1ccc(OC)c(-c2nn(-c3ccccc3)cc2C(=O)NC[C@H](c2cccs2)N2CCOCC2)c1. The van der Waals surface area contributed by atoms with Gasteiger partial charge < -0.3 is 19.5 Å². The van der Waals surface area contributed by atoms with Crippen molar-refractivity contribution in [3.63, 3.8) is 0 Å². The summed E-state index contributed by atoms with van der Waals surface area (Å²) in [6.45, 7) is 3.52. The Labute approximate surface area is 220 Å². The van der Waals surface area contributed by atoms with E-state index in [-0.39, 0.29) is 11.9 Å². The molecule has 1 aliphatic heterocycles. The molecule has 1 N–H and O–H groups in total. The predicted molar refractivity (Wildman–Crippen MR) is 144 cm³/mol. The first-order valence-electron chi connectivity index (χ1n) is 12.2. The van der Waals surface area contributed by atoms with Gasteiger partial charge in [-0.3, -0.25) is 9.69 Å². The molecule has 1 aliphatic rings. The molecule has 37 heavy (non-hydrogen) atoms. The highest BCUT2D eigenvalue weighted by molar-refractivity contribution is 7.10. The number of carbonyl (C=O) groups excluding carboxylic acids is 1. The van der Waals surface area contributed by atoms with E-state index < -0.39 is 0 Å². The van der Waals surface area contributed by atoms with Gasteiger partial charge in [0.25, 0.3) is 5.91 Å². The number of ether oxygens (including phenoxy) is 3. The zero-order chi connectivity index (χ0) is 25.6. The number of morpholine rings is 1. The Morgan fingerprint density at radius 1 is 1.08 bits per heavy atom. The van der Waals surface area contributed by atoms with E-state index in [2.05, 4.69) is 21.7 Å². The quantitative estimate of drug-likeness (QED) is 0.354. The third-order valence-electron chi connectivity index (χ3n) is 6.46. The fraction of sp³-hybridized carbons (Fsp3) is 0.286. The fourth-order valence-corrected chi connectivity index (χ4v) is 5.38. The van der Waals surface area contributed by atoms with E-state index >= 15 is 0 Å². The molecule has 9 heteroatoms. The molecule has 4 aromatic rings. The first-order chi connectivity index (χ1) is 18.2. The van der Waals surface area contributed by atoms with E-state index in [1.165, 1.54) is 4.88 Å². The number of thiophene rings is 1. The van der Waals surface area contributed by atoms with Crippen molar-refractivity contribution in [3.05, 3.63) is 82.7 Å². The van der Waals surface area contributed by atoms with Crippen LogP contribution >= 0.6 is 11.3 Å². The minimum absolute atomic E-state index is 0.0758. The number of amides is 1. The molecule has 1 fully saturated rings. The average molecular weight is 519 g/mol. The number of nitrogens with one attached hydrogen (secondary N) is 1. The number of nitrogens with zero attached hydrogens (tertiary/aromatic N) is 3. The summed E-state index contributed by atoms with van der Waals surface area (Å²) in [7, 11) is 3.21. The molecular formula is C28H30N4O4S. The Kier molecular flexibility index (Phi) is 7.84. The molecule has 0 spiro atoms. The van der Waals surface area contributed by atoms with Crippen LogP contribution in [0.25, 0.3) is 16.9 Å². The Morgan fingerprint density at radius 3 is 2.59 bits per heavy atom. The third kappa shape index (κ3) is 5.53. The molecule has 0 saturated carbocycles. The van der Waals surface area contributed by atoms with Gasteiger partial charge in [-0.2, -0.15) is 5.10 Å². The lowest BCUT2D eigenvalue weighted by atomic mass is 10.1. The smallest absolute Gasteiger partial charge is 0.255 e. The van der Waals surface area contributed by atoms with Gasteiger partial charge in [0.2, 0.25) is 0 Å². The summed E-state index contributed by atoms with van der Waals surface area (Å²) in [5, 5.41) is 10.1. The normalized spacial score (nSPS) is 14.8. The molecule has 0 unspecified atom stereocenters. The molecule has 2 aromatic carbocycles. The van der Waals surface area contributed by atoms with Crippen LogP contribution < -0.4 is 14.8 Å². The Balaban J connectivity index is 1.49. The topological polar surface area (TPSA) is 77.8 Å². The number of rotatable bonds is 9. The van der Waals surface area contributed by atoms with Crippen molar-refractivity contribution in [2.75, 3.05) is 47.1 Å². The van der Waals surface area contributed by atoms with E-state index in [4.69, 9.17) is 19.3 Å². The lowest BCUT2D eigenvalue weighted by Gasteiger charge is -2.34. The van der Waals surface area contributed by atoms with E-state index in [9.17, 15) is 4.79 Å². The van der Waals surface area contributed by atoms with Crippen LogP contribution in [0.3, 0.4) is 0 Å². The van der Waals surface area contributed by atoms with Crippen molar-refractivity contribution < 1.29 is 19.0 Å². The summed E-state index contributed by atoms with van der Waals surface area (Å²) >= 11 is 1.70. The van der Waals surface area contributed by atoms with Crippen LogP contribution in [0.15, 0.2) is 72.2 Å². The van der Waals surface area contributed by atoms with Crippen molar-refractivity contribution in [2.45, 2.75) is 6.04 Å². The molecule has 1 atom stereocenters. The summed E-state index contributed by atoms with van der Waals surface area (Å²) in [6, 6.07) is 19.5. The molecule has 1 saturated heterocycles. The van der Waals surface area contributed by atoms with Crippen molar-refractivity contribution in [2.24, 2.45) is 0 Å². The first kappa shape index (κ1) is 25.0. The van der Waals surface area contributed by atoms with E-state index in [0.29, 0.717) is 48.1 Å². The van der Waals surface area contributed by atoms with Gasteiger partial charge in [0, 0.05) is 36.3 Å². The Bertz CT molecular complexity index is 1320. The number of aromatic nitrogens is 2. The molecule has 3 heterocycles. The van der Waals surface area contributed by atoms with E-state index in [1.807, 2.05) is 54.6 Å². The summed E-state index contributed by atoms with van der Waals surface area (Å²) in [5.41, 5.74) is 2.53. The van der Waals surface area contributed by atoms with Crippen molar-refractivity contribution >= 4 is 17.2 Å². The molecule has 192 valence electrons. The Hall–Kier alpha value is -3.66. The highest BCUT2D eigenvalue weighted by atomic mass is 32.1. The van der Waals surface area contributed by atoms with Gasteiger partial charge in [0.1, 0.15) is 17.2 Å². The molecule has 0 radical (unpaired) electrons. The third-order valence-corrected chi connectivity index (χ3v) is 7.43. The van der Waals surface area contributed by atoms with E-state index in [0.717, 1.165) is 18.8 Å². The second-order valence-electron chi connectivity index (χ2n) is 8.63. The van der Waals surface area contributed by atoms with Crippen molar-refractivity contribution in [3.8, 4) is 28.4 Å². The zero-order valence-electron chi connectivity index (χ0n) is 20.9. The lowest BCUT2D eigenvalue weighted by molar-refractivity contribution is 0.0169. The first-order valence-corrected chi connectivity index (χ1v) is 13.1. The largest absolute Gasteiger partial charge is 0.497 e. The van der Waals surface area contributed by atoms with Gasteiger partial charge in [-0.05, 0) is 41.8 Å². The molecule has 2 aromatic heterocycles.